The Hall–Kier alpha value is -2.29. The Balaban J connectivity index is 2.04. The van der Waals surface area contributed by atoms with Gasteiger partial charge < -0.3 is 9.84 Å². The van der Waals surface area contributed by atoms with Crippen LogP contribution in [0.15, 0.2) is 30.5 Å². The average Bonchev–Trinajstić information content (AvgIpc) is 3.08. The maximum absolute atomic E-state index is 13.5. The van der Waals surface area contributed by atoms with E-state index in [1.807, 2.05) is 0 Å². The summed E-state index contributed by atoms with van der Waals surface area (Å²) >= 11 is 12.8. The molecule has 2 aliphatic rings. The number of hydrogen-bond donors (Lipinski definition) is 1. The summed E-state index contributed by atoms with van der Waals surface area (Å²) in [6.07, 6.45) is 0.832. The van der Waals surface area contributed by atoms with E-state index in [1.165, 1.54) is 37.1 Å². The highest BCUT2D eigenvalue weighted by molar-refractivity contribution is 8.01. The number of fused-ring (bicyclic) bond motifs is 1. The Morgan fingerprint density at radius 2 is 1.97 bits per heavy atom. The van der Waals surface area contributed by atoms with Gasteiger partial charge in [0.15, 0.2) is 15.6 Å². The summed E-state index contributed by atoms with van der Waals surface area (Å²) in [6.45, 7) is 3.46. The first-order valence-corrected chi connectivity index (χ1v) is 10.9. The van der Waals surface area contributed by atoms with Crippen molar-refractivity contribution in [2.45, 2.75) is 18.6 Å². The Morgan fingerprint density at radius 3 is 2.62 bits per heavy atom. The molecule has 1 N–H and O–H groups in total. The van der Waals surface area contributed by atoms with Crippen LogP contribution in [0.3, 0.4) is 0 Å². The highest BCUT2D eigenvalue weighted by atomic mass is 35.5. The Labute approximate surface area is 177 Å². The summed E-state index contributed by atoms with van der Waals surface area (Å²) in [6, 6.07) is 6.06. The summed E-state index contributed by atoms with van der Waals surface area (Å²) in [7, 11) is -4.08. The molecular formula is C19H16Cl2N2O5S. The lowest BCUT2D eigenvalue weighted by Gasteiger charge is -2.33. The fourth-order valence-corrected chi connectivity index (χ4v) is 6.05. The van der Waals surface area contributed by atoms with Crippen LogP contribution in [-0.4, -0.2) is 37.8 Å². The van der Waals surface area contributed by atoms with Gasteiger partial charge in [0.05, 0.1) is 27.0 Å². The minimum absolute atomic E-state index is 0.0349. The van der Waals surface area contributed by atoms with Crippen LogP contribution in [0.4, 0.5) is 10.5 Å². The highest BCUT2D eigenvalue weighted by Gasteiger charge is 2.48. The van der Waals surface area contributed by atoms with Crippen molar-refractivity contribution in [3.8, 4) is 0 Å². The van der Waals surface area contributed by atoms with Crippen LogP contribution in [0.1, 0.15) is 30.7 Å². The lowest BCUT2D eigenvalue weighted by molar-refractivity contribution is 0.181. The van der Waals surface area contributed by atoms with Crippen molar-refractivity contribution in [2.24, 2.45) is 0 Å². The minimum Gasteiger partial charge on any atom is -0.504 e. The van der Waals surface area contributed by atoms with Gasteiger partial charge in [-0.25, -0.2) is 13.2 Å². The number of rotatable bonds is 2. The normalized spacial score (nSPS) is 19.9. The first kappa shape index (κ1) is 20.0. The van der Waals surface area contributed by atoms with Crippen molar-refractivity contribution >= 4 is 55.5 Å². The van der Waals surface area contributed by atoms with E-state index < -0.39 is 26.4 Å². The number of aliphatic hydroxyl groups excluding tert-OH is 1. The van der Waals surface area contributed by atoms with Crippen LogP contribution in [0.5, 0.6) is 0 Å². The monoisotopic (exact) mass is 454 g/mol. The largest absolute Gasteiger partial charge is 0.504 e. The van der Waals surface area contributed by atoms with E-state index in [0.29, 0.717) is 5.56 Å². The second-order valence-electron chi connectivity index (χ2n) is 7.11. The smallest absolute Gasteiger partial charge is 0.414 e. The van der Waals surface area contributed by atoms with Gasteiger partial charge in [-0.15, -0.1) is 0 Å². The molecule has 0 unspecified atom stereocenters. The number of pyridine rings is 1. The number of sulfone groups is 1. The molecule has 152 valence electrons. The number of carbonyl (C=O) groups is 1. The van der Waals surface area contributed by atoms with Crippen LogP contribution >= 0.6 is 23.2 Å². The van der Waals surface area contributed by atoms with E-state index in [9.17, 15) is 18.3 Å². The Morgan fingerprint density at radius 1 is 1.24 bits per heavy atom. The SMILES string of the molecule is CC1(C)c2cccnc2C(O)=C(c2ccc(Cl)c(N3CCOC3=O)c2Cl)S1(=O)=O. The Kier molecular flexibility index (Phi) is 4.56. The van der Waals surface area contributed by atoms with E-state index in [2.05, 4.69) is 4.98 Å². The van der Waals surface area contributed by atoms with Crippen molar-refractivity contribution in [3.05, 3.63) is 57.3 Å². The molecule has 1 fully saturated rings. The predicted molar refractivity (Wildman–Crippen MR) is 111 cm³/mol. The third kappa shape index (κ3) is 2.73. The average molecular weight is 455 g/mol. The number of anilines is 1. The molecule has 0 bridgehead atoms. The molecule has 1 saturated heterocycles. The second-order valence-corrected chi connectivity index (χ2v) is 10.3. The number of cyclic esters (lactones) is 1. The molecule has 0 radical (unpaired) electrons. The van der Waals surface area contributed by atoms with E-state index in [0.717, 1.165) is 0 Å². The fourth-order valence-electron chi connectivity index (χ4n) is 3.55. The zero-order chi connectivity index (χ0) is 21.1. The quantitative estimate of drug-likeness (QED) is 0.722. The first-order chi connectivity index (χ1) is 13.6. The number of nitrogens with zero attached hydrogens (tertiary/aromatic N) is 2. The van der Waals surface area contributed by atoms with Gasteiger partial charge in [0, 0.05) is 17.3 Å². The lowest BCUT2D eigenvalue weighted by Crippen LogP contribution is -2.35. The molecule has 3 heterocycles. The van der Waals surface area contributed by atoms with Crippen LogP contribution in [0, 0.1) is 0 Å². The molecule has 1 amide bonds. The summed E-state index contributed by atoms with van der Waals surface area (Å²) < 4.78 is 30.6. The van der Waals surface area contributed by atoms with Gasteiger partial charge in [-0.1, -0.05) is 35.3 Å². The summed E-state index contributed by atoms with van der Waals surface area (Å²) in [5.74, 6) is -0.501. The molecule has 2 aromatic rings. The maximum atomic E-state index is 13.5. The van der Waals surface area contributed by atoms with Gasteiger partial charge in [0.25, 0.3) is 0 Å². The minimum atomic E-state index is -4.08. The van der Waals surface area contributed by atoms with Gasteiger partial charge >= 0.3 is 6.09 Å². The van der Waals surface area contributed by atoms with Crippen LogP contribution in [-0.2, 0) is 19.3 Å². The summed E-state index contributed by atoms with van der Waals surface area (Å²) in [4.78, 5) is 17.1. The molecule has 1 aromatic heterocycles. The molecular weight excluding hydrogens is 439 g/mol. The molecule has 7 nitrogen and oxygen atoms in total. The third-order valence-electron chi connectivity index (χ3n) is 5.18. The number of aromatic nitrogens is 1. The molecule has 0 aliphatic carbocycles. The van der Waals surface area contributed by atoms with Crippen LogP contribution in [0.25, 0.3) is 10.7 Å². The molecule has 2 aliphatic heterocycles. The number of benzene rings is 1. The van der Waals surface area contributed by atoms with E-state index in [-0.39, 0.29) is 45.0 Å². The second kappa shape index (κ2) is 6.62. The van der Waals surface area contributed by atoms with Gasteiger partial charge in [-0.2, -0.15) is 0 Å². The Bertz CT molecular complexity index is 1190. The number of carbonyl (C=O) groups excluding carboxylic acids is 1. The number of halogens is 2. The molecule has 0 saturated carbocycles. The molecule has 29 heavy (non-hydrogen) atoms. The number of hydrogen-bond acceptors (Lipinski definition) is 6. The van der Waals surface area contributed by atoms with Crippen LogP contribution < -0.4 is 4.90 Å². The van der Waals surface area contributed by atoms with Gasteiger partial charge in [-0.3, -0.25) is 9.88 Å². The molecule has 4 rings (SSSR count). The van der Waals surface area contributed by atoms with Crippen LogP contribution in [0.2, 0.25) is 10.0 Å². The van der Waals surface area contributed by atoms with Crippen molar-refractivity contribution in [3.63, 3.8) is 0 Å². The first-order valence-electron chi connectivity index (χ1n) is 8.65. The topological polar surface area (TPSA) is 96.8 Å². The standard InChI is InChI=1S/C19H16Cl2N2O5S/c1-19(2)11-4-3-7-22-14(11)16(24)17(29(19,26)27)10-5-6-12(20)15(13(10)21)23-8-9-28-18(23)25/h3-7,24H,8-9H2,1-2H3. The summed E-state index contributed by atoms with van der Waals surface area (Å²) in [5, 5.41) is 11.0. The number of ether oxygens (including phenoxy) is 1. The van der Waals surface area contributed by atoms with E-state index >= 15 is 0 Å². The number of aliphatic hydroxyl groups is 1. The van der Waals surface area contributed by atoms with Gasteiger partial charge in [-0.05, 0) is 26.0 Å². The summed E-state index contributed by atoms with van der Waals surface area (Å²) in [5.41, 5.74) is 0.714. The molecule has 10 heteroatoms. The number of amides is 1. The van der Waals surface area contributed by atoms with Gasteiger partial charge in [0.1, 0.15) is 17.2 Å². The van der Waals surface area contributed by atoms with Crippen molar-refractivity contribution in [1.29, 1.82) is 0 Å². The zero-order valence-electron chi connectivity index (χ0n) is 15.4. The van der Waals surface area contributed by atoms with Crippen molar-refractivity contribution < 1.29 is 23.1 Å². The fraction of sp³-hybridized carbons (Fsp3) is 0.263. The van der Waals surface area contributed by atoms with E-state index in [4.69, 9.17) is 27.9 Å². The van der Waals surface area contributed by atoms with Gasteiger partial charge in [0.2, 0.25) is 0 Å². The predicted octanol–water partition coefficient (Wildman–Crippen LogP) is 4.39. The van der Waals surface area contributed by atoms with Crippen molar-refractivity contribution in [1.82, 2.24) is 4.98 Å². The van der Waals surface area contributed by atoms with Crippen molar-refractivity contribution in [2.75, 3.05) is 18.1 Å². The lowest BCUT2D eigenvalue weighted by atomic mass is 9.98. The highest BCUT2D eigenvalue weighted by Crippen LogP contribution is 2.50. The third-order valence-corrected chi connectivity index (χ3v) is 8.38. The molecule has 1 aromatic carbocycles. The maximum Gasteiger partial charge on any atom is 0.414 e. The zero-order valence-corrected chi connectivity index (χ0v) is 17.8. The van der Waals surface area contributed by atoms with E-state index in [1.54, 1.807) is 12.1 Å². The molecule has 0 spiro atoms. The molecule has 0 atom stereocenters.